The average Bonchev–Trinajstić information content (AvgIpc) is 2.05. The summed E-state index contributed by atoms with van der Waals surface area (Å²) in [4.78, 5) is 10.7. The van der Waals surface area contributed by atoms with Crippen molar-refractivity contribution in [1.29, 1.82) is 0 Å². The molecule has 0 aromatic carbocycles. The van der Waals surface area contributed by atoms with Gasteiger partial charge in [0.2, 0.25) is 0 Å². The predicted molar refractivity (Wildman–Crippen MR) is 46.6 cm³/mol. The molecule has 0 saturated heterocycles. The van der Waals surface area contributed by atoms with Crippen molar-refractivity contribution in [2.75, 3.05) is 6.61 Å². The standard InChI is InChI=1S/C9H14O3/c1-3-5-8(6-7-10)12-9(11)4-2/h3-4,8,10H,1-2,5-7H2. The van der Waals surface area contributed by atoms with Crippen LogP contribution in [-0.2, 0) is 9.53 Å². The molecule has 0 aliphatic carbocycles. The van der Waals surface area contributed by atoms with Crippen molar-refractivity contribution in [2.45, 2.75) is 18.9 Å². The molecule has 0 aliphatic heterocycles. The Morgan fingerprint density at radius 1 is 1.58 bits per heavy atom. The molecule has 1 unspecified atom stereocenters. The predicted octanol–water partition coefficient (Wildman–Crippen LogP) is 1.04. The zero-order valence-corrected chi connectivity index (χ0v) is 7.03. The van der Waals surface area contributed by atoms with Gasteiger partial charge in [0.15, 0.2) is 0 Å². The molecular weight excluding hydrogens is 156 g/mol. The van der Waals surface area contributed by atoms with Crippen molar-refractivity contribution in [2.24, 2.45) is 0 Å². The maximum atomic E-state index is 10.7. The van der Waals surface area contributed by atoms with E-state index in [0.717, 1.165) is 6.08 Å². The van der Waals surface area contributed by atoms with E-state index < -0.39 is 5.97 Å². The first kappa shape index (κ1) is 10.9. The fourth-order valence-electron chi connectivity index (χ4n) is 0.767. The lowest BCUT2D eigenvalue weighted by Gasteiger charge is -2.13. The number of carbonyl (C=O) groups excluding carboxylic acids is 1. The summed E-state index contributed by atoms with van der Waals surface area (Å²) in [6.07, 6.45) is 3.47. The van der Waals surface area contributed by atoms with E-state index in [1.54, 1.807) is 6.08 Å². The molecule has 0 fully saturated rings. The van der Waals surface area contributed by atoms with Gasteiger partial charge in [0.1, 0.15) is 6.10 Å². The maximum Gasteiger partial charge on any atom is 0.330 e. The van der Waals surface area contributed by atoms with Crippen LogP contribution in [0.4, 0.5) is 0 Å². The second-order valence-corrected chi connectivity index (χ2v) is 2.30. The van der Waals surface area contributed by atoms with Gasteiger partial charge < -0.3 is 9.84 Å². The first-order valence-corrected chi connectivity index (χ1v) is 3.79. The summed E-state index contributed by atoms with van der Waals surface area (Å²) in [5.41, 5.74) is 0. The van der Waals surface area contributed by atoms with Crippen molar-refractivity contribution in [1.82, 2.24) is 0 Å². The molecule has 0 heterocycles. The van der Waals surface area contributed by atoms with Crippen LogP contribution in [0.5, 0.6) is 0 Å². The van der Waals surface area contributed by atoms with Crippen LogP contribution >= 0.6 is 0 Å². The summed E-state index contributed by atoms with van der Waals surface area (Å²) in [5.74, 6) is -0.463. The number of esters is 1. The normalized spacial score (nSPS) is 11.8. The van der Waals surface area contributed by atoms with Gasteiger partial charge in [0, 0.05) is 25.5 Å². The average molecular weight is 170 g/mol. The first-order valence-electron chi connectivity index (χ1n) is 3.79. The van der Waals surface area contributed by atoms with Crippen molar-refractivity contribution in [3.63, 3.8) is 0 Å². The Kier molecular flexibility index (Phi) is 6.01. The summed E-state index contributed by atoms with van der Waals surface area (Å²) in [5, 5.41) is 8.60. The smallest absolute Gasteiger partial charge is 0.330 e. The molecule has 1 atom stereocenters. The maximum absolute atomic E-state index is 10.7. The zero-order chi connectivity index (χ0) is 9.40. The van der Waals surface area contributed by atoms with Crippen LogP contribution in [-0.4, -0.2) is 23.8 Å². The third kappa shape index (κ3) is 4.68. The van der Waals surface area contributed by atoms with Gasteiger partial charge in [-0.25, -0.2) is 4.79 Å². The number of hydrogen-bond donors (Lipinski definition) is 1. The van der Waals surface area contributed by atoms with Crippen LogP contribution in [0.25, 0.3) is 0 Å². The van der Waals surface area contributed by atoms with Crippen LogP contribution in [0.2, 0.25) is 0 Å². The van der Waals surface area contributed by atoms with Crippen LogP contribution < -0.4 is 0 Å². The molecule has 0 radical (unpaired) electrons. The molecular formula is C9H14O3. The summed E-state index contributed by atoms with van der Waals surface area (Å²) < 4.78 is 4.89. The number of carbonyl (C=O) groups is 1. The summed E-state index contributed by atoms with van der Waals surface area (Å²) in [7, 11) is 0. The minimum absolute atomic E-state index is 0.00291. The second kappa shape index (κ2) is 6.61. The number of aliphatic hydroxyl groups excluding tert-OH is 1. The van der Waals surface area contributed by atoms with E-state index >= 15 is 0 Å². The molecule has 0 aliphatic rings. The lowest BCUT2D eigenvalue weighted by Crippen LogP contribution is -2.17. The van der Waals surface area contributed by atoms with E-state index in [1.165, 1.54) is 0 Å². The van der Waals surface area contributed by atoms with E-state index in [0.29, 0.717) is 12.8 Å². The molecule has 0 bridgehead atoms. The fourth-order valence-corrected chi connectivity index (χ4v) is 0.767. The Balaban J connectivity index is 3.83. The topological polar surface area (TPSA) is 46.5 Å². The Labute approximate surface area is 72.3 Å². The SMILES string of the molecule is C=CCC(CCO)OC(=O)C=C. The Morgan fingerprint density at radius 3 is 2.67 bits per heavy atom. The number of hydrogen-bond acceptors (Lipinski definition) is 3. The highest BCUT2D eigenvalue weighted by Crippen LogP contribution is 2.04. The van der Waals surface area contributed by atoms with Gasteiger partial charge in [-0.2, -0.15) is 0 Å². The molecule has 3 nitrogen and oxygen atoms in total. The number of ether oxygens (including phenoxy) is 1. The van der Waals surface area contributed by atoms with Crippen molar-refractivity contribution >= 4 is 5.97 Å². The summed E-state index contributed by atoms with van der Waals surface area (Å²) in [6, 6.07) is 0. The van der Waals surface area contributed by atoms with Gasteiger partial charge in [0.05, 0.1) is 0 Å². The first-order chi connectivity index (χ1) is 5.74. The van der Waals surface area contributed by atoms with Gasteiger partial charge in [-0.1, -0.05) is 12.7 Å². The molecule has 0 aromatic rings. The van der Waals surface area contributed by atoms with E-state index in [1.807, 2.05) is 0 Å². The second-order valence-electron chi connectivity index (χ2n) is 2.30. The molecule has 1 N–H and O–H groups in total. The van der Waals surface area contributed by atoms with Crippen LogP contribution in [0.3, 0.4) is 0 Å². The number of rotatable bonds is 6. The third-order valence-corrected chi connectivity index (χ3v) is 1.33. The highest BCUT2D eigenvalue weighted by atomic mass is 16.5. The molecule has 0 rings (SSSR count). The molecule has 0 saturated carbocycles. The summed E-state index contributed by atoms with van der Waals surface area (Å²) >= 11 is 0. The van der Waals surface area contributed by atoms with E-state index in [9.17, 15) is 4.79 Å². The van der Waals surface area contributed by atoms with Gasteiger partial charge in [-0.3, -0.25) is 0 Å². The third-order valence-electron chi connectivity index (χ3n) is 1.33. The van der Waals surface area contributed by atoms with Crippen molar-refractivity contribution < 1.29 is 14.6 Å². The lowest BCUT2D eigenvalue weighted by atomic mass is 10.2. The Bertz CT molecular complexity index is 163. The van der Waals surface area contributed by atoms with Crippen LogP contribution in [0.1, 0.15) is 12.8 Å². The quantitative estimate of drug-likeness (QED) is 0.368. The lowest BCUT2D eigenvalue weighted by molar-refractivity contribution is -0.143. The minimum atomic E-state index is -0.463. The van der Waals surface area contributed by atoms with E-state index in [2.05, 4.69) is 13.2 Å². The molecule has 0 aromatic heterocycles. The molecule has 3 heteroatoms. The van der Waals surface area contributed by atoms with Crippen LogP contribution in [0.15, 0.2) is 25.3 Å². The Morgan fingerprint density at radius 2 is 2.25 bits per heavy atom. The van der Waals surface area contributed by atoms with Crippen molar-refractivity contribution in [3.05, 3.63) is 25.3 Å². The molecule has 0 amide bonds. The van der Waals surface area contributed by atoms with Gasteiger partial charge in [0.25, 0.3) is 0 Å². The van der Waals surface area contributed by atoms with Gasteiger partial charge >= 0.3 is 5.97 Å². The van der Waals surface area contributed by atoms with Crippen molar-refractivity contribution in [3.8, 4) is 0 Å². The van der Waals surface area contributed by atoms with Gasteiger partial charge in [-0.15, -0.1) is 6.58 Å². The molecule has 68 valence electrons. The Hall–Kier alpha value is -1.09. The van der Waals surface area contributed by atoms with E-state index in [4.69, 9.17) is 9.84 Å². The van der Waals surface area contributed by atoms with Crippen LogP contribution in [0, 0.1) is 0 Å². The number of aliphatic hydroxyl groups is 1. The largest absolute Gasteiger partial charge is 0.459 e. The molecule has 0 spiro atoms. The summed E-state index contributed by atoms with van der Waals surface area (Å²) in [6.45, 7) is 6.79. The highest BCUT2D eigenvalue weighted by molar-refractivity contribution is 5.81. The fraction of sp³-hybridized carbons (Fsp3) is 0.444. The monoisotopic (exact) mass is 170 g/mol. The zero-order valence-electron chi connectivity index (χ0n) is 7.03. The highest BCUT2D eigenvalue weighted by Gasteiger charge is 2.09. The minimum Gasteiger partial charge on any atom is -0.459 e. The molecule has 12 heavy (non-hydrogen) atoms. The van der Waals surface area contributed by atoms with E-state index in [-0.39, 0.29) is 12.7 Å². The van der Waals surface area contributed by atoms with Gasteiger partial charge in [-0.05, 0) is 0 Å².